The van der Waals surface area contributed by atoms with Crippen LogP contribution in [-0.4, -0.2) is 44.7 Å². The Balaban J connectivity index is 3.34. The van der Waals surface area contributed by atoms with Gasteiger partial charge in [-0.1, -0.05) is 6.92 Å². The Kier molecular flexibility index (Phi) is 7.89. The second-order valence-electron chi connectivity index (χ2n) is 2.89. The fourth-order valence-corrected chi connectivity index (χ4v) is 1.19. The zero-order valence-electron chi connectivity index (χ0n) is 7.97. The summed E-state index contributed by atoms with van der Waals surface area (Å²) in [6, 6.07) is 0. The SMILES string of the molecule is CCCN(CC[NH3+])CC[NH2+]C. The van der Waals surface area contributed by atoms with Gasteiger partial charge in [-0.05, 0) is 13.0 Å². The summed E-state index contributed by atoms with van der Waals surface area (Å²) in [5.74, 6) is 0. The molecular weight excluding hydrogens is 138 g/mol. The molecule has 0 rings (SSSR count). The van der Waals surface area contributed by atoms with Crippen molar-refractivity contribution in [2.75, 3.05) is 39.8 Å². The maximum atomic E-state index is 3.86. The van der Waals surface area contributed by atoms with E-state index in [1.807, 2.05) is 0 Å². The maximum absolute atomic E-state index is 3.86. The van der Waals surface area contributed by atoms with Gasteiger partial charge in [-0.2, -0.15) is 0 Å². The predicted molar refractivity (Wildman–Crippen MR) is 47.2 cm³/mol. The Morgan fingerprint density at radius 1 is 1.27 bits per heavy atom. The monoisotopic (exact) mass is 161 g/mol. The van der Waals surface area contributed by atoms with Gasteiger partial charge in [0.25, 0.3) is 0 Å². The van der Waals surface area contributed by atoms with Gasteiger partial charge < -0.3 is 11.1 Å². The lowest BCUT2D eigenvalue weighted by atomic mass is 10.4. The smallest absolute Gasteiger partial charge is 0.0882 e. The molecule has 0 heterocycles. The molecule has 0 atom stereocenters. The average molecular weight is 161 g/mol. The molecule has 0 aromatic heterocycles. The lowest BCUT2D eigenvalue weighted by molar-refractivity contribution is -0.626. The molecule has 0 unspecified atom stereocenters. The van der Waals surface area contributed by atoms with E-state index in [-0.39, 0.29) is 0 Å². The van der Waals surface area contributed by atoms with Gasteiger partial charge >= 0.3 is 0 Å². The zero-order chi connectivity index (χ0) is 8.53. The van der Waals surface area contributed by atoms with Gasteiger partial charge in [0.1, 0.15) is 0 Å². The van der Waals surface area contributed by atoms with Crippen LogP contribution in [0.5, 0.6) is 0 Å². The molecule has 0 bridgehead atoms. The van der Waals surface area contributed by atoms with Crippen LogP contribution in [0.2, 0.25) is 0 Å². The first-order valence-electron chi connectivity index (χ1n) is 4.64. The standard InChI is InChI=1S/C8H21N3/c1-3-6-11(7-4-9)8-5-10-2/h10H,3-9H2,1-2H3/p+2. The Morgan fingerprint density at radius 3 is 2.45 bits per heavy atom. The number of nitrogens with zero attached hydrogens (tertiary/aromatic N) is 1. The van der Waals surface area contributed by atoms with Gasteiger partial charge in [-0.15, -0.1) is 0 Å². The van der Waals surface area contributed by atoms with Gasteiger partial charge in [0.2, 0.25) is 0 Å². The van der Waals surface area contributed by atoms with Crippen LogP contribution in [0, 0.1) is 0 Å². The Morgan fingerprint density at radius 2 is 2.00 bits per heavy atom. The molecule has 0 aliphatic heterocycles. The van der Waals surface area contributed by atoms with Gasteiger partial charge in [-0.3, -0.25) is 4.90 Å². The summed E-state index contributed by atoms with van der Waals surface area (Å²) >= 11 is 0. The Labute approximate surface area is 69.9 Å². The molecule has 3 nitrogen and oxygen atoms in total. The van der Waals surface area contributed by atoms with Crippen molar-refractivity contribution >= 4 is 0 Å². The normalized spacial score (nSPS) is 10.9. The molecule has 0 aliphatic carbocycles. The molecular formula is C8H23N3+2. The van der Waals surface area contributed by atoms with E-state index < -0.39 is 0 Å². The first kappa shape index (κ1) is 10.9. The first-order chi connectivity index (χ1) is 5.35. The number of likely N-dealkylation sites (N-methyl/N-ethyl adjacent to an activating group) is 1. The zero-order valence-corrected chi connectivity index (χ0v) is 7.97. The second kappa shape index (κ2) is 7.98. The number of quaternary nitrogens is 2. The molecule has 0 spiro atoms. The third-order valence-electron chi connectivity index (χ3n) is 1.75. The third kappa shape index (κ3) is 6.28. The van der Waals surface area contributed by atoms with Crippen molar-refractivity contribution in [1.29, 1.82) is 0 Å². The van der Waals surface area contributed by atoms with Crippen LogP contribution in [0.4, 0.5) is 0 Å². The molecule has 0 amide bonds. The first-order valence-corrected chi connectivity index (χ1v) is 4.64. The quantitative estimate of drug-likeness (QED) is 0.452. The number of rotatable bonds is 7. The molecule has 0 fully saturated rings. The van der Waals surface area contributed by atoms with Gasteiger partial charge in [0.05, 0.1) is 20.1 Å². The van der Waals surface area contributed by atoms with Gasteiger partial charge in [-0.25, -0.2) is 0 Å². The maximum Gasteiger partial charge on any atom is 0.0882 e. The number of hydrogen-bond donors (Lipinski definition) is 2. The molecule has 0 radical (unpaired) electrons. The predicted octanol–water partition coefficient (Wildman–Crippen LogP) is -1.87. The summed E-state index contributed by atoms with van der Waals surface area (Å²) < 4.78 is 0. The topological polar surface area (TPSA) is 47.5 Å². The number of nitrogens with two attached hydrogens (primary N) is 1. The molecule has 3 heteroatoms. The highest BCUT2D eigenvalue weighted by molar-refractivity contribution is 4.53. The molecule has 11 heavy (non-hydrogen) atoms. The molecule has 0 aliphatic rings. The third-order valence-corrected chi connectivity index (χ3v) is 1.75. The van der Waals surface area contributed by atoms with Crippen molar-refractivity contribution in [2.24, 2.45) is 0 Å². The van der Waals surface area contributed by atoms with Crippen LogP contribution in [0.15, 0.2) is 0 Å². The van der Waals surface area contributed by atoms with E-state index in [9.17, 15) is 0 Å². The van der Waals surface area contributed by atoms with Crippen LogP contribution < -0.4 is 11.1 Å². The van der Waals surface area contributed by atoms with Crippen molar-refractivity contribution < 1.29 is 11.1 Å². The lowest BCUT2D eigenvalue weighted by Gasteiger charge is -2.17. The van der Waals surface area contributed by atoms with Crippen LogP contribution in [0.25, 0.3) is 0 Å². The molecule has 0 aromatic carbocycles. The highest BCUT2D eigenvalue weighted by Crippen LogP contribution is 1.86. The van der Waals surface area contributed by atoms with E-state index in [0.717, 1.165) is 13.1 Å². The van der Waals surface area contributed by atoms with Crippen molar-refractivity contribution in [3.05, 3.63) is 0 Å². The summed E-state index contributed by atoms with van der Waals surface area (Å²) in [4.78, 5) is 2.48. The minimum Gasteiger partial charge on any atom is -0.357 e. The van der Waals surface area contributed by atoms with E-state index in [0.29, 0.717) is 0 Å². The van der Waals surface area contributed by atoms with Crippen molar-refractivity contribution in [3.63, 3.8) is 0 Å². The van der Waals surface area contributed by atoms with Crippen LogP contribution in [0.3, 0.4) is 0 Å². The largest absolute Gasteiger partial charge is 0.357 e. The van der Waals surface area contributed by atoms with E-state index in [4.69, 9.17) is 0 Å². The molecule has 5 N–H and O–H groups in total. The average Bonchev–Trinajstić information content (AvgIpc) is 2.01. The second-order valence-corrected chi connectivity index (χ2v) is 2.89. The van der Waals surface area contributed by atoms with Crippen LogP contribution in [0.1, 0.15) is 13.3 Å². The molecule has 68 valence electrons. The fraction of sp³-hybridized carbons (Fsp3) is 1.00. The van der Waals surface area contributed by atoms with E-state index in [1.165, 1.54) is 26.1 Å². The van der Waals surface area contributed by atoms with E-state index in [2.05, 4.69) is 29.9 Å². The molecule has 0 saturated carbocycles. The summed E-state index contributed by atoms with van der Waals surface area (Å²) in [6.07, 6.45) is 1.25. The summed E-state index contributed by atoms with van der Waals surface area (Å²) in [7, 11) is 2.12. The van der Waals surface area contributed by atoms with Gasteiger partial charge in [0.15, 0.2) is 0 Å². The molecule has 0 aromatic rings. The van der Waals surface area contributed by atoms with Crippen molar-refractivity contribution in [3.8, 4) is 0 Å². The Hall–Kier alpha value is -0.120. The Bertz CT molecular complexity index is 69.7. The highest BCUT2D eigenvalue weighted by Gasteiger charge is 2.02. The summed E-state index contributed by atoms with van der Waals surface area (Å²) in [5, 5.41) is 2.23. The fourth-order valence-electron chi connectivity index (χ4n) is 1.19. The molecule has 0 saturated heterocycles. The minimum absolute atomic E-state index is 1.03. The van der Waals surface area contributed by atoms with Crippen molar-refractivity contribution in [2.45, 2.75) is 13.3 Å². The van der Waals surface area contributed by atoms with E-state index in [1.54, 1.807) is 0 Å². The summed E-state index contributed by atoms with van der Waals surface area (Å²) in [5.41, 5.74) is 3.86. The van der Waals surface area contributed by atoms with E-state index >= 15 is 0 Å². The highest BCUT2D eigenvalue weighted by atomic mass is 15.1. The van der Waals surface area contributed by atoms with Crippen LogP contribution in [-0.2, 0) is 0 Å². The lowest BCUT2D eigenvalue weighted by Crippen LogP contribution is -2.81. The van der Waals surface area contributed by atoms with Crippen molar-refractivity contribution in [1.82, 2.24) is 4.90 Å². The van der Waals surface area contributed by atoms with Crippen LogP contribution >= 0.6 is 0 Å². The number of hydrogen-bond acceptors (Lipinski definition) is 1. The van der Waals surface area contributed by atoms with Gasteiger partial charge in [0, 0.05) is 13.1 Å². The summed E-state index contributed by atoms with van der Waals surface area (Å²) in [6.45, 7) is 8.06. The minimum atomic E-state index is 1.03.